The van der Waals surface area contributed by atoms with Gasteiger partial charge in [0.05, 0.1) is 0 Å². The van der Waals surface area contributed by atoms with Crippen molar-refractivity contribution in [1.29, 1.82) is 0 Å². The van der Waals surface area contributed by atoms with Gasteiger partial charge in [0.15, 0.2) is 0 Å². The van der Waals surface area contributed by atoms with Crippen LogP contribution in [0.1, 0.15) is 31.7 Å². The Morgan fingerprint density at radius 3 is 1.80 bits per heavy atom. The second-order valence-electron chi connectivity index (χ2n) is 8.19. The third-order valence-corrected chi connectivity index (χ3v) is 8.69. The Labute approximate surface area is 184 Å². The summed E-state index contributed by atoms with van der Waals surface area (Å²) in [5.74, 6) is 0.599. The van der Waals surface area contributed by atoms with Crippen LogP contribution in [0.15, 0.2) is 78.9 Å². The molecule has 1 atom stereocenters. The van der Waals surface area contributed by atoms with Gasteiger partial charge in [0.2, 0.25) is 0 Å². The molecule has 2 heteroatoms. The molecule has 6 aromatic rings. The standard InChI is InChI=1S/C28H22S2/c1-3-17(2)18-8-11-27-23(14-18)24-16-20(10-13-28(24)30-27)19-9-12-26-22(15-19)21-6-4-5-7-25(21)29-26/h4-17H,3H2,1-2H3. The molecule has 0 fully saturated rings. The van der Waals surface area contributed by atoms with E-state index in [-0.39, 0.29) is 0 Å². The predicted molar refractivity (Wildman–Crippen MR) is 136 cm³/mol. The van der Waals surface area contributed by atoms with Crippen LogP contribution in [0, 0.1) is 0 Å². The monoisotopic (exact) mass is 422 g/mol. The molecule has 146 valence electrons. The summed E-state index contributed by atoms with van der Waals surface area (Å²) in [6.45, 7) is 4.59. The van der Waals surface area contributed by atoms with E-state index in [1.54, 1.807) is 0 Å². The maximum Gasteiger partial charge on any atom is 0.0355 e. The number of benzene rings is 4. The second-order valence-corrected chi connectivity index (χ2v) is 10.4. The van der Waals surface area contributed by atoms with Gasteiger partial charge in [-0.2, -0.15) is 0 Å². The van der Waals surface area contributed by atoms with Crippen LogP contribution >= 0.6 is 22.7 Å². The molecule has 0 aliphatic carbocycles. The van der Waals surface area contributed by atoms with Crippen LogP contribution in [-0.4, -0.2) is 0 Å². The van der Waals surface area contributed by atoms with Gasteiger partial charge in [-0.15, -0.1) is 22.7 Å². The summed E-state index contributed by atoms with van der Waals surface area (Å²) in [7, 11) is 0. The molecule has 30 heavy (non-hydrogen) atoms. The van der Waals surface area contributed by atoms with Crippen molar-refractivity contribution < 1.29 is 0 Å². The Morgan fingerprint density at radius 1 is 0.600 bits per heavy atom. The first kappa shape index (κ1) is 18.1. The van der Waals surface area contributed by atoms with E-state index >= 15 is 0 Å². The molecule has 0 nitrogen and oxygen atoms in total. The summed E-state index contributed by atoms with van der Waals surface area (Å²) in [4.78, 5) is 0. The second kappa shape index (κ2) is 6.94. The van der Waals surface area contributed by atoms with Crippen molar-refractivity contribution in [3.8, 4) is 11.1 Å². The Balaban J connectivity index is 1.55. The first-order valence-electron chi connectivity index (χ1n) is 10.6. The normalized spacial score (nSPS) is 13.0. The topological polar surface area (TPSA) is 0 Å². The summed E-state index contributed by atoms with van der Waals surface area (Å²) in [6.07, 6.45) is 1.17. The van der Waals surface area contributed by atoms with Gasteiger partial charge >= 0.3 is 0 Å². The molecule has 0 spiro atoms. The highest BCUT2D eigenvalue weighted by molar-refractivity contribution is 7.26. The minimum Gasteiger partial charge on any atom is -0.135 e. The quantitative estimate of drug-likeness (QED) is 0.266. The number of hydrogen-bond donors (Lipinski definition) is 0. The van der Waals surface area contributed by atoms with Crippen molar-refractivity contribution in [1.82, 2.24) is 0 Å². The number of hydrogen-bond acceptors (Lipinski definition) is 2. The zero-order chi connectivity index (χ0) is 20.2. The molecule has 0 aliphatic rings. The van der Waals surface area contributed by atoms with Crippen LogP contribution < -0.4 is 0 Å². The summed E-state index contributed by atoms with van der Waals surface area (Å²) in [5.41, 5.74) is 4.04. The van der Waals surface area contributed by atoms with E-state index in [2.05, 4.69) is 92.7 Å². The SMILES string of the molecule is CCC(C)c1ccc2sc3ccc(-c4ccc5sc6ccccc6c5c4)cc3c2c1. The highest BCUT2D eigenvalue weighted by Gasteiger charge is 2.11. The van der Waals surface area contributed by atoms with E-state index in [0.29, 0.717) is 5.92 Å². The number of fused-ring (bicyclic) bond motifs is 6. The molecule has 0 saturated heterocycles. The average Bonchev–Trinajstić information content (AvgIpc) is 3.35. The molecule has 2 aromatic heterocycles. The molecule has 0 bridgehead atoms. The molecule has 0 N–H and O–H groups in total. The smallest absolute Gasteiger partial charge is 0.0355 e. The molecule has 4 aromatic carbocycles. The summed E-state index contributed by atoms with van der Waals surface area (Å²) in [5, 5.41) is 5.51. The van der Waals surface area contributed by atoms with Crippen molar-refractivity contribution >= 4 is 63.0 Å². The highest BCUT2D eigenvalue weighted by Crippen LogP contribution is 2.40. The minimum atomic E-state index is 0.599. The maximum absolute atomic E-state index is 2.42. The molecule has 2 heterocycles. The zero-order valence-electron chi connectivity index (χ0n) is 17.1. The Bertz CT molecular complexity index is 1550. The van der Waals surface area contributed by atoms with E-state index < -0.39 is 0 Å². The van der Waals surface area contributed by atoms with Crippen molar-refractivity contribution in [2.24, 2.45) is 0 Å². The van der Waals surface area contributed by atoms with Crippen LogP contribution in [0.3, 0.4) is 0 Å². The molecule has 0 radical (unpaired) electrons. The highest BCUT2D eigenvalue weighted by atomic mass is 32.1. The van der Waals surface area contributed by atoms with E-state index in [1.807, 2.05) is 22.7 Å². The van der Waals surface area contributed by atoms with E-state index in [9.17, 15) is 0 Å². The Kier molecular flexibility index (Phi) is 4.19. The van der Waals surface area contributed by atoms with Crippen LogP contribution in [0.2, 0.25) is 0 Å². The molecule has 6 rings (SSSR count). The van der Waals surface area contributed by atoms with Crippen LogP contribution in [0.5, 0.6) is 0 Å². The summed E-state index contributed by atoms with van der Waals surface area (Å²) in [6, 6.07) is 29.7. The fourth-order valence-corrected chi connectivity index (χ4v) is 6.58. The van der Waals surface area contributed by atoms with Crippen molar-refractivity contribution in [3.63, 3.8) is 0 Å². The van der Waals surface area contributed by atoms with Crippen LogP contribution in [0.4, 0.5) is 0 Å². The summed E-state index contributed by atoms with van der Waals surface area (Å²) >= 11 is 3.78. The minimum absolute atomic E-state index is 0.599. The van der Waals surface area contributed by atoms with Crippen molar-refractivity contribution in [2.45, 2.75) is 26.2 Å². The van der Waals surface area contributed by atoms with Crippen LogP contribution in [0.25, 0.3) is 51.5 Å². The van der Waals surface area contributed by atoms with E-state index in [4.69, 9.17) is 0 Å². The maximum atomic E-state index is 2.42. The lowest BCUT2D eigenvalue weighted by molar-refractivity contribution is 0.735. The largest absolute Gasteiger partial charge is 0.135 e. The third-order valence-electron chi connectivity index (χ3n) is 6.38. The van der Waals surface area contributed by atoms with Gasteiger partial charge in [-0.25, -0.2) is 0 Å². The van der Waals surface area contributed by atoms with Gasteiger partial charge in [-0.05, 0) is 71.5 Å². The first-order chi connectivity index (χ1) is 14.7. The molecule has 0 saturated carbocycles. The fourth-order valence-electron chi connectivity index (χ4n) is 4.42. The number of rotatable bonds is 3. The van der Waals surface area contributed by atoms with Gasteiger partial charge in [0, 0.05) is 40.3 Å². The average molecular weight is 423 g/mol. The van der Waals surface area contributed by atoms with E-state index in [0.717, 1.165) is 0 Å². The van der Waals surface area contributed by atoms with Gasteiger partial charge in [-0.1, -0.05) is 50.2 Å². The van der Waals surface area contributed by atoms with E-state index in [1.165, 1.54) is 63.5 Å². The number of thiophene rings is 2. The van der Waals surface area contributed by atoms with Gasteiger partial charge < -0.3 is 0 Å². The molecular formula is C28H22S2. The lowest BCUT2D eigenvalue weighted by Crippen LogP contribution is -1.89. The Hall–Kier alpha value is -2.68. The first-order valence-corrected chi connectivity index (χ1v) is 12.2. The fraction of sp³-hybridized carbons (Fsp3) is 0.143. The van der Waals surface area contributed by atoms with Crippen molar-refractivity contribution in [2.75, 3.05) is 0 Å². The zero-order valence-corrected chi connectivity index (χ0v) is 18.7. The van der Waals surface area contributed by atoms with Crippen molar-refractivity contribution in [3.05, 3.63) is 84.4 Å². The van der Waals surface area contributed by atoms with Gasteiger partial charge in [0.1, 0.15) is 0 Å². The third kappa shape index (κ3) is 2.79. The Morgan fingerprint density at radius 2 is 1.13 bits per heavy atom. The lowest BCUT2D eigenvalue weighted by atomic mass is 9.96. The summed E-state index contributed by atoms with van der Waals surface area (Å²) < 4.78 is 5.48. The molecule has 0 aliphatic heterocycles. The predicted octanol–water partition coefficient (Wildman–Crippen LogP) is 9.60. The molecule has 0 amide bonds. The van der Waals surface area contributed by atoms with Gasteiger partial charge in [0.25, 0.3) is 0 Å². The van der Waals surface area contributed by atoms with Crippen LogP contribution in [-0.2, 0) is 0 Å². The lowest BCUT2D eigenvalue weighted by Gasteiger charge is -2.09. The molecular weight excluding hydrogens is 400 g/mol. The molecule has 1 unspecified atom stereocenters. The van der Waals surface area contributed by atoms with Gasteiger partial charge in [-0.3, -0.25) is 0 Å².